The number of amides is 1. The summed E-state index contributed by atoms with van der Waals surface area (Å²) >= 11 is 2.97. The molecule has 4 aliphatic heterocycles. The second kappa shape index (κ2) is 5.60. The van der Waals surface area contributed by atoms with E-state index >= 15 is 0 Å². The minimum atomic E-state index is -1.07. The summed E-state index contributed by atoms with van der Waals surface area (Å²) in [4.78, 5) is 29.6. The van der Waals surface area contributed by atoms with Crippen LogP contribution in [-0.4, -0.2) is 73.3 Å². The fourth-order valence-electron chi connectivity index (χ4n) is 3.72. The van der Waals surface area contributed by atoms with E-state index in [1.807, 2.05) is 7.05 Å². The van der Waals surface area contributed by atoms with Crippen molar-refractivity contribution in [2.75, 3.05) is 13.6 Å². The van der Waals surface area contributed by atoms with Crippen molar-refractivity contribution in [3.8, 4) is 0 Å². The van der Waals surface area contributed by atoms with E-state index in [4.69, 9.17) is 0 Å². The minimum absolute atomic E-state index is 0.0906. The Bertz CT molecular complexity index is 665. The largest absolute Gasteiger partial charge is 0.477 e. The van der Waals surface area contributed by atoms with Gasteiger partial charge >= 0.3 is 5.97 Å². The van der Waals surface area contributed by atoms with Gasteiger partial charge in [-0.05, 0) is 6.92 Å². The molecule has 2 fully saturated rings. The van der Waals surface area contributed by atoms with Crippen molar-refractivity contribution in [1.82, 2.24) is 14.7 Å². The first-order valence-electron chi connectivity index (χ1n) is 7.86. The molecule has 2 saturated heterocycles. The van der Waals surface area contributed by atoms with Gasteiger partial charge in [-0.1, -0.05) is 11.8 Å². The molecule has 4 heterocycles. The number of carboxylic acids is 1. The topological polar surface area (TPSA) is 84.3 Å². The predicted molar refractivity (Wildman–Crippen MR) is 91.5 cm³/mol. The van der Waals surface area contributed by atoms with Crippen LogP contribution >= 0.6 is 23.5 Å². The van der Waals surface area contributed by atoms with Crippen LogP contribution in [0.3, 0.4) is 0 Å². The molecule has 9 heteroatoms. The number of hydrogen-bond acceptors (Lipinski definition) is 7. The van der Waals surface area contributed by atoms with Gasteiger partial charge in [-0.15, -0.1) is 11.8 Å². The second-order valence-corrected chi connectivity index (χ2v) is 9.24. The summed E-state index contributed by atoms with van der Waals surface area (Å²) < 4.78 is 0.696. The maximum Gasteiger partial charge on any atom is 0.354 e. The molecule has 0 bridgehead atoms. The van der Waals surface area contributed by atoms with E-state index in [9.17, 15) is 19.8 Å². The summed E-state index contributed by atoms with van der Waals surface area (Å²) in [5.41, 5.74) is 0.0906. The lowest BCUT2D eigenvalue weighted by Gasteiger charge is -2.43. The summed E-state index contributed by atoms with van der Waals surface area (Å²) in [6.07, 6.45) is 4.65. The fraction of sp³-hybridized carbons (Fsp3) is 0.600. The maximum absolute atomic E-state index is 12.2. The van der Waals surface area contributed by atoms with Crippen LogP contribution in [0.5, 0.6) is 0 Å². The van der Waals surface area contributed by atoms with Gasteiger partial charge in [0.2, 0.25) is 5.91 Å². The van der Waals surface area contributed by atoms with Crippen LogP contribution in [0.25, 0.3) is 0 Å². The highest BCUT2D eigenvalue weighted by Crippen LogP contribution is 2.55. The quantitative estimate of drug-likeness (QED) is 0.701. The van der Waals surface area contributed by atoms with Crippen LogP contribution in [0.15, 0.2) is 22.3 Å². The average Bonchev–Trinajstić information content (AvgIpc) is 3.13. The van der Waals surface area contributed by atoms with Crippen molar-refractivity contribution in [3.63, 3.8) is 0 Å². The molecule has 0 aliphatic carbocycles. The number of thioether (sulfide) groups is 2. The van der Waals surface area contributed by atoms with Crippen LogP contribution in [0, 0.1) is 5.92 Å². The zero-order valence-corrected chi connectivity index (χ0v) is 15.0. The van der Waals surface area contributed by atoms with Crippen LogP contribution in [0.4, 0.5) is 0 Å². The van der Waals surface area contributed by atoms with E-state index in [-0.39, 0.29) is 22.2 Å². The van der Waals surface area contributed by atoms with Gasteiger partial charge < -0.3 is 20.0 Å². The first-order chi connectivity index (χ1) is 11.4. The van der Waals surface area contributed by atoms with Gasteiger partial charge in [0, 0.05) is 37.7 Å². The van der Waals surface area contributed by atoms with Crippen molar-refractivity contribution in [3.05, 3.63) is 22.3 Å². The van der Waals surface area contributed by atoms with Crippen molar-refractivity contribution < 1.29 is 19.8 Å². The van der Waals surface area contributed by atoms with Gasteiger partial charge in [0.15, 0.2) is 5.70 Å². The van der Waals surface area contributed by atoms with Gasteiger partial charge in [-0.25, -0.2) is 4.79 Å². The zero-order valence-electron chi connectivity index (χ0n) is 13.3. The molecular formula is C15H19N3O4S2. The minimum Gasteiger partial charge on any atom is -0.477 e. The third-order valence-corrected chi connectivity index (χ3v) is 7.79. The van der Waals surface area contributed by atoms with Gasteiger partial charge in [0.1, 0.15) is 11.5 Å². The first-order valence-corrected chi connectivity index (χ1v) is 9.62. The number of carbonyl (C=O) groups excluding carboxylic acids is 1. The van der Waals surface area contributed by atoms with Crippen LogP contribution in [-0.2, 0) is 9.59 Å². The number of carboxylic acid groups (broad SMARTS) is 1. The van der Waals surface area contributed by atoms with Crippen LogP contribution in [0.1, 0.15) is 13.3 Å². The second-order valence-electron chi connectivity index (χ2n) is 6.54. The SMILES string of the molecule is C[C@@H](O)[C@H]1C(=O)N2C(C(=O)O)=C(SC3CC4N(C)C=CN4C3)S[C@H]12. The van der Waals surface area contributed by atoms with Crippen molar-refractivity contribution >= 4 is 35.4 Å². The summed E-state index contributed by atoms with van der Waals surface area (Å²) in [7, 11) is 2.04. The Morgan fingerprint density at radius 3 is 2.83 bits per heavy atom. The van der Waals surface area contributed by atoms with E-state index in [0.29, 0.717) is 10.4 Å². The smallest absolute Gasteiger partial charge is 0.354 e. The summed E-state index contributed by atoms with van der Waals surface area (Å²) in [6.45, 7) is 2.45. The molecule has 24 heavy (non-hydrogen) atoms. The Balaban J connectivity index is 1.52. The highest BCUT2D eigenvalue weighted by Gasteiger charge is 2.58. The van der Waals surface area contributed by atoms with E-state index < -0.39 is 18.0 Å². The highest BCUT2D eigenvalue weighted by atomic mass is 32.2. The van der Waals surface area contributed by atoms with E-state index in [1.165, 1.54) is 16.7 Å². The lowest BCUT2D eigenvalue weighted by molar-refractivity contribution is -0.156. The van der Waals surface area contributed by atoms with E-state index in [1.54, 1.807) is 18.7 Å². The number of nitrogens with zero attached hydrogens (tertiary/aromatic N) is 3. The van der Waals surface area contributed by atoms with Gasteiger partial charge in [-0.2, -0.15) is 0 Å². The molecule has 0 aromatic heterocycles. The number of β-lactam (4-membered cyclic amide) rings is 1. The fourth-order valence-corrected chi connectivity index (χ4v) is 7.08. The third kappa shape index (κ3) is 2.25. The molecule has 0 aromatic carbocycles. The molecule has 4 rings (SSSR count). The molecule has 2 N–H and O–H groups in total. The van der Waals surface area contributed by atoms with Crippen molar-refractivity contribution in [1.29, 1.82) is 0 Å². The number of hydrogen-bond donors (Lipinski definition) is 2. The maximum atomic E-state index is 12.2. The Hall–Kier alpha value is -1.32. The van der Waals surface area contributed by atoms with Crippen molar-refractivity contribution in [2.24, 2.45) is 5.92 Å². The van der Waals surface area contributed by atoms with Crippen LogP contribution in [0.2, 0.25) is 0 Å². The van der Waals surface area contributed by atoms with E-state index in [2.05, 4.69) is 22.2 Å². The normalized spacial score (nSPS) is 35.5. The number of fused-ring (bicyclic) bond motifs is 2. The van der Waals surface area contributed by atoms with Gasteiger partial charge in [0.05, 0.1) is 16.3 Å². The van der Waals surface area contributed by atoms with Crippen LogP contribution < -0.4 is 0 Å². The molecule has 0 radical (unpaired) electrons. The molecule has 0 saturated carbocycles. The number of aliphatic hydroxyl groups is 1. The van der Waals surface area contributed by atoms with Gasteiger partial charge in [0.25, 0.3) is 0 Å². The van der Waals surface area contributed by atoms with Gasteiger partial charge in [-0.3, -0.25) is 9.69 Å². The molecule has 0 aromatic rings. The third-order valence-electron chi connectivity index (χ3n) is 4.98. The Morgan fingerprint density at radius 2 is 2.21 bits per heavy atom. The molecule has 1 amide bonds. The lowest BCUT2D eigenvalue weighted by atomic mass is 9.92. The molecular weight excluding hydrogens is 350 g/mol. The Morgan fingerprint density at radius 1 is 1.46 bits per heavy atom. The molecule has 5 atom stereocenters. The first kappa shape index (κ1) is 16.2. The molecule has 4 aliphatic rings. The number of carbonyl (C=O) groups is 2. The standard InChI is InChI=1S/C15H19N3O4S2/c1-7(19)10-12(20)18-11(14(21)22)15(24-13(10)18)23-8-5-9-16(2)3-4-17(9)6-8/h3-4,7-10,13,19H,5-6H2,1-2H3,(H,21,22)/t7-,8?,9?,10+,13-/m1/s1. The summed E-state index contributed by atoms with van der Waals surface area (Å²) in [5, 5.41) is 19.3. The number of aliphatic hydroxyl groups excluding tert-OH is 1. The zero-order chi connectivity index (χ0) is 17.2. The summed E-state index contributed by atoms with van der Waals surface area (Å²) in [6, 6.07) is 0. The Labute approximate surface area is 148 Å². The number of rotatable bonds is 4. The predicted octanol–water partition coefficient (Wildman–Crippen LogP) is 0.702. The monoisotopic (exact) mass is 369 g/mol. The molecule has 7 nitrogen and oxygen atoms in total. The van der Waals surface area contributed by atoms with E-state index in [0.717, 1.165) is 13.0 Å². The number of aliphatic carboxylic acids is 1. The summed E-state index contributed by atoms with van der Waals surface area (Å²) in [5.74, 6) is -1.87. The van der Waals surface area contributed by atoms with Crippen molar-refractivity contribution in [2.45, 2.75) is 36.2 Å². The Kier molecular flexibility index (Phi) is 3.77. The lowest BCUT2D eigenvalue weighted by Crippen LogP contribution is -2.60. The highest BCUT2D eigenvalue weighted by molar-refractivity contribution is 8.23. The molecule has 2 unspecified atom stereocenters. The molecule has 130 valence electrons. The molecule has 0 spiro atoms. The average molecular weight is 369 g/mol.